The van der Waals surface area contributed by atoms with Crippen molar-refractivity contribution in [1.82, 2.24) is 5.32 Å². The van der Waals surface area contributed by atoms with Crippen LogP contribution >= 0.6 is 0 Å². The zero-order chi connectivity index (χ0) is 45.1. The summed E-state index contributed by atoms with van der Waals surface area (Å²) in [7, 11) is 0. The van der Waals surface area contributed by atoms with Gasteiger partial charge in [-0.05, 0) is 57.8 Å². The second kappa shape index (κ2) is 52.0. The number of carbonyl (C=O) groups excluding carboxylic acids is 2. The number of nitrogens with one attached hydrogen (secondary N) is 1. The Morgan fingerprint density at radius 3 is 1.15 bits per heavy atom. The molecule has 0 aromatic carbocycles. The van der Waals surface area contributed by atoms with E-state index in [9.17, 15) is 19.8 Å². The Bertz CT molecular complexity index is 966. The molecule has 0 saturated carbocycles. The molecule has 0 aliphatic rings. The van der Waals surface area contributed by atoms with Gasteiger partial charge in [0.05, 0.1) is 25.4 Å². The molecule has 0 saturated heterocycles. The second-order valence-electron chi connectivity index (χ2n) is 18.9. The molecule has 0 rings (SSSR count). The molecule has 366 valence electrons. The summed E-state index contributed by atoms with van der Waals surface area (Å²) in [6.07, 6.45) is 62.0. The van der Waals surface area contributed by atoms with Gasteiger partial charge in [-0.15, -0.1) is 0 Å². The third-order valence-corrected chi connectivity index (χ3v) is 12.7. The Balaban J connectivity index is 3.39. The normalized spacial score (nSPS) is 12.8. The fourth-order valence-corrected chi connectivity index (χ4v) is 8.45. The first-order chi connectivity index (χ1) is 30.5. The number of aliphatic hydroxyl groups is 2. The van der Waals surface area contributed by atoms with Gasteiger partial charge in [-0.2, -0.15) is 0 Å². The SMILES string of the molecule is CCCCCCCCC/C=C\CCCCCCCC(=O)OCCCCCCCCCCCCCCCCCCCCCC(=O)NC(CO)C(O)/C=C/CCCCCCCCCC. The van der Waals surface area contributed by atoms with Crippen LogP contribution in [0.5, 0.6) is 0 Å². The van der Waals surface area contributed by atoms with E-state index in [-0.39, 0.29) is 18.5 Å². The number of unbranched alkanes of at least 4 members (excludes halogenated alkanes) is 38. The maximum absolute atomic E-state index is 12.4. The Morgan fingerprint density at radius 2 is 0.758 bits per heavy atom. The van der Waals surface area contributed by atoms with E-state index < -0.39 is 12.1 Å². The number of aliphatic hydroxyl groups excluding tert-OH is 2. The van der Waals surface area contributed by atoms with Gasteiger partial charge in [-0.25, -0.2) is 0 Å². The van der Waals surface area contributed by atoms with E-state index in [1.54, 1.807) is 6.08 Å². The molecule has 2 atom stereocenters. The number of hydrogen-bond donors (Lipinski definition) is 3. The predicted molar refractivity (Wildman–Crippen MR) is 269 cm³/mol. The van der Waals surface area contributed by atoms with Crippen molar-refractivity contribution in [1.29, 1.82) is 0 Å². The van der Waals surface area contributed by atoms with Crippen LogP contribution in [0.15, 0.2) is 24.3 Å². The predicted octanol–water partition coefficient (Wildman–Crippen LogP) is 16.7. The molecule has 0 radical (unpaired) electrons. The van der Waals surface area contributed by atoms with Crippen molar-refractivity contribution in [2.24, 2.45) is 0 Å². The van der Waals surface area contributed by atoms with Crippen molar-refractivity contribution < 1.29 is 24.5 Å². The van der Waals surface area contributed by atoms with Gasteiger partial charge in [-0.3, -0.25) is 9.59 Å². The van der Waals surface area contributed by atoms with Crippen LogP contribution < -0.4 is 5.32 Å². The number of amides is 1. The van der Waals surface area contributed by atoms with Gasteiger partial charge in [0.2, 0.25) is 5.91 Å². The van der Waals surface area contributed by atoms with Crippen molar-refractivity contribution in [2.75, 3.05) is 13.2 Å². The van der Waals surface area contributed by atoms with E-state index >= 15 is 0 Å². The Morgan fingerprint density at radius 1 is 0.435 bits per heavy atom. The molecule has 0 aliphatic carbocycles. The zero-order valence-corrected chi connectivity index (χ0v) is 41.6. The lowest BCUT2D eigenvalue weighted by Gasteiger charge is -2.20. The summed E-state index contributed by atoms with van der Waals surface area (Å²) in [6, 6.07) is -0.628. The van der Waals surface area contributed by atoms with Gasteiger partial charge in [0.1, 0.15) is 0 Å². The molecule has 0 aromatic rings. The molecule has 62 heavy (non-hydrogen) atoms. The summed E-state index contributed by atoms with van der Waals surface area (Å²) in [5, 5.41) is 23.0. The molecule has 2 unspecified atom stereocenters. The summed E-state index contributed by atoms with van der Waals surface area (Å²) < 4.78 is 5.48. The van der Waals surface area contributed by atoms with Crippen LogP contribution in [0.2, 0.25) is 0 Å². The van der Waals surface area contributed by atoms with Crippen LogP contribution in [0, 0.1) is 0 Å². The molecule has 0 aromatic heterocycles. The van der Waals surface area contributed by atoms with E-state index in [0.717, 1.165) is 44.9 Å². The average molecular weight is 874 g/mol. The third-order valence-electron chi connectivity index (χ3n) is 12.7. The third kappa shape index (κ3) is 47.8. The molecule has 0 fully saturated rings. The Kier molecular flexibility index (Phi) is 50.6. The maximum atomic E-state index is 12.4. The van der Waals surface area contributed by atoms with Gasteiger partial charge in [0.25, 0.3) is 0 Å². The lowest BCUT2D eigenvalue weighted by atomic mass is 10.0. The average Bonchev–Trinajstić information content (AvgIpc) is 3.27. The van der Waals surface area contributed by atoms with E-state index in [0.29, 0.717) is 19.4 Å². The van der Waals surface area contributed by atoms with Gasteiger partial charge in [0, 0.05) is 12.8 Å². The van der Waals surface area contributed by atoms with Crippen molar-refractivity contribution >= 4 is 11.9 Å². The molecule has 0 spiro atoms. The molecule has 0 aliphatic heterocycles. The Hall–Kier alpha value is -1.66. The maximum Gasteiger partial charge on any atom is 0.305 e. The smallest absolute Gasteiger partial charge is 0.305 e. The van der Waals surface area contributed by atoms with Crippen LogP contribution in [0.4, 0.5) is 0 Å². The summed E-state index contributed by atoms with van der Waals surface area (Å²) >= 11 is 0. The fourth-order valence-electron chi connectivity index (χ4n) is 8.45. The van der Waals surface area contributed by atoms with E-state index in [1.165, 1.54) is 225 Å². The topological polar surface area (TPSA) is 95.9 Å². The molecular weight excluding hydrogens is 767 g/mol. The molecule has 3 N–H and O–H groups in total. The second-order valence-corrected chi connectivity index (χ2v) is 18.9. The number of ether oxygens (including phenoxy) is 1. The van der Waals surface area contributed by atoms with Crippen LogP contribution in [0.3, 0.4) is 0 Å². The highest BCUT2D eigenvalue weighted by atomic mass is 16.5. The molecule has 0 heterocycles. The van der Waals surface area contributed by atoms with Gasteiger partial charge >= 0.3 is 5.97 Å². The number of carbonyl (C=O) groups is 2. The first-order valence-electron chi connectivity index (χ1n) is 27.6. The number of rotatable bonds is 51. The van der Waals surface area contributed by atoms with E-state index in [2.05, 4.69) is 31.3 Å². The molecule has 6 nitrogen and oxygen atoms in total. The molecule has 1 amide bonds. The summed E-state index contributed by atoms with van der Waals surface area (Å²) in [5.74, 6) is -0.0720. The van der Waals surface area contributed by atoms with Crippen molar-refractivity contribution in [3.63, 3.8) is 0 Å². The van der Waals surface area contributed by atoms with Gasteiger partial charge < -0.3 is 20.3 Å². The largest absolute Gasteiger partial charge is 0.466 e. The fraction of sp³-hybridized carbons (Fsp3) is 0.893. The first-order valence-corrected chi connectivity index (χ1v) is 27.6. The molecule has 6 heteroatoms. The van der Waals surface area contributed by atoms with Crippen molar-refractivity contribution in [3.8, 4) is 0 Å². The van der Waals surface area contributed by atoms with Crippen LogP contribution in [-0.2, 0) is 14.3 Å². The van der Waals surface area contributed by atoms with Gasteiger partial charge in [-0.1, -0.05) is 250 Å². The minimum absolute atomic E-state index is 0.000655. The minimum Gasteiger partial charge on any atom is -0.466 e. The lowest BCUT2D eigenvalue weighted by Crippen LogP contribution is -2.45. The first kappa shape index (κ1) is 60.3. The highest BCUT2D eigenvalue weighted by Crippen LogP contribution is 2.16. The van der Waals surface area contributed by atoms with Crippen molar-refractivity contribution in [3.05, 3.63) is 24.3 Å². The molecule has 0 bridgehead atoms. The lowest BCUT2D eigenvalue weighted by molar-refractivity contribution is -0.143. The molecular formula is C56H107NO5. The van der Waals surface area contributed by atoms with E-state index in [4.69, 9.17) is 4.74 Å². The highest BCUT2D eigenvalue weighted by Gasteiger charge is 2.18. The van der Waals surface area contributed by atoms with Crippen molar-refractivity contribution in [2.45, 2.75) is 309 Å². The standard InChI is InChI=1S/C56H107NO5/c1-3-5-7-9-11-13-15-16-17-24-27-30-34-38-42-46-50-56(61)62-51-47-43-39-35-31-28-25-22-20-18-19-21-23-26-29-33-37-41-45-49-55(60)57-53(52-58)54(59)48-44-40-36-32-14-12-10-8-6-4-2/h17,24,44,48,53-54,58-59H,3-16,18-23,25-43,45-47,49-52H2,1-2H3,(H,57,60)/b24-17-,48-44+. The summed E-state index contributed by atoms with van der Waals surface area (Å²) in [5.41, 5.74) is 0. The van der Waals surface area contributed by atoms with Crippen LogP contribution in [0.1, 0.15) is 296 Å². The monoisotopic (exact) mass is 874 g/mol. The number of allylic oxidation sites excluding steroid dienone is 3. The van der Waals surface area contributed by atoms with E-state index in [1.807, 2.05) is 6.08 Å². The zero-order valence-electron chi connectivity index (χ0n) is 41.6. The Labute approximate surface area is 386 Å². The quantitative estimate of drug-likeness (QED) is 0.0321. The summed E-state index contributed by atoms with van der Waals surface area (Å²) in [6.45, 7) is 4.88. The van der Waals surface area contributed by atoms with Gasteiger partial charge in [0.15, 0.2) is 0 Å². The summed E-state index contributed by atoms with van der Waals surface area (Å²) in [4.78, 5) is 24.4. The van der Waals surface area contributed by atoms with Crippen LogP contribution in [0.25, 0.3) is 0 Å². The van der Waals surface area contributed by atoms with Crippen LogP contribution in [-0.4, -0.2) is 47.4 Å². The number of esters is 1. The highest BCUT2D eigenvalue weighted by molar-refractivity contribution is 5.76. The minimum atomic E-state index is -0.844. The number of hydrogen-bond acceptors (Lipinski definition) is 5.